The van der Waals surface area contributed by atoms with E-state index in [1.165, 1.54) is 88.0 Å². The molecule has 1 unspecified atom stereocenters. The van der Waals surface area contributed by atoms with Crippen LogP contribution in [0, 0.1) is 12.0 Å². The molecule has 200 valence electrons. The first-order valence-corrected chi connectivity index (χ1v) is 15.6. The van der Waals surface area contributed by atoms with Crippen molar-refractivity contribution in [2.45, 2.75) is 54.4 Å². The fourth-order valence-corrected chi connectivity index (χ4v) is 5.92. The number of allylic oxidation sites excluding steroid dienone is 4. The van der Waals surface area contributed by atoms with E-state index in [4.69, 9.17) is 0 Å². The van der Waals surface area contributed by atoms with E-state index in [1.54, 1.807) is 0 Å². The number of rotatable bonds is 4. The second-order valence-electron chi connectivity index (χ2n) is 10.6. The molecule has 0 bridgehead atoms. The Morgan fingerprint density at radius 2 is 1.15 bits per heavy atom. The van der Waals surface area contributed by atoms with Crippen molar-refractivity contribution in [3.63, 3.8) is 0 Å². The fraction of sp³-hybridized carbons (Fsp3) is 0.231. The zero-order valence-corrected chi connectivity index (χ0v) is 27.3. The third kappa shape index (κ3) is 7.19. The number of hydrogen-bond acceptors (Lipinski definition) is 0. The zero-order chi connectivity index (χ0) is 28.6. The second-order valence-corrected chi connectivity index (χ2v) is 11.8. The molecule has 0 radical (unpaired) electrons. The first-order chi connectivity index (χ1) is 19.3. The summed E-state index contributed by atoms with van der Waals surface area (Å²) in [4.78, 5) is 0. The predicted molar refractivity (Wildman–Crippen MR) is 172 cm³/mol. The first-order valence-electron chi connectivity index (χ1n) is 14.4. The molecule has 0 amide bonds. The molecule has 0 spiro atoms. The monoisotopic (exact) mass is 598 g/mol. The van der Waals surface area contributed by atoms with Gasteiger partial charge in [0.25, 0.3) is 0 Å². The maximum atomic E-state index is 3.36. The van der Waals surface area contributed by atoms with Crippen molar-refractivity contribution in [2.75, 3.05) is 0 Å². The molecule has 0 heterocycles. The van der Waals surface area contributed by atoms with Crippen LogP contribution in [0.5, 0.6) is 0 Å². The van der Waals surface area contributed by atoms with E-state index in [-0.39, 0.29) is 0 Å². The second kappa shape index (κ2) is 14.1. The molecule has 0 fully saturated rings. The third-order valence-corrected chi connectivity index (χ3v) is 9.43. The number of fused-ring (bicyclic) bond motifs is 3. The van der Waals surface area contributed by atoms with Gasteiger partial charge in [-0.1, -0.05) is 75.9 Å². The first kappa shape index (κ1) is 30.0. The molecule has 0 saturated heterocycles. The average molecular weight is 600 g/mol. The van der Waals surface area contributed by atoms with E-state index < -0.39 is 0 Å². The van der Waals surface area contributed by atoms with Gasteiger partial charge in [0.05, 0.1) is 0 Å². The van der Waals surface area contributed by atoms with Gasteiger partial charge in [0.1, 0.15) is 0 Å². The summed E-state index contributed by atoms with van der Waals surface area (Å²) in [5.74, 6) is 0.560. The molecule has 1 heteroatoms. The Morgan fingerprint density at radius 1 is 0.700 bits per heavy atom. The third-order valence-electron chi connectivity index (χ3n) is 8.01. The topological polar surface area (TPSA) is 0 Å². The quantitative estimate of drug-likeness (QED) is 0.180. The van der Waals surface area contributed by atoms with Crippen molar-refractivity contribution in [3.05, 3.63) is 148 Å². The molecular formula is C39H40Zr. The maximum absolute atomic E-state index is 3.36. The van der Waals surface area contributed by atoms with Gasteiger partial charge in [-0.25, -0.2) is 5.57 Å². The summed E-state index contributed by atoms with van der Waals surface area (Å²) >= 11 is 1.46. The molecule has 1 aliphatic carbocycles. The Labute approximate surface area is 256 Å². The van der Waals surface area contributed by atoms with E-state index in [0.29, 0.717) is 5.92 Å². The molecule has 1 aliphatic rings. The molecule has 6 rings (SSSR count). The predicted octanol–water partition coefficient (Wildman–Crippen LogP) is 10.4. The summed E-state index contributed by atoms with van der Waals surface area (Å²) in [6.07, 6.45) is 5.58. The van der Waals surface area contributed by atoms with E-state index >= 15 is 0 Å². The fourth-order valence-electron chi connectivity index (χ4n) is 5.10. The molecule has 0 aromatic heterocycles. The molecule has 0 nitrogen and oxygen atoms in total. The van der Waals surface area contributed by atoms with Gasteiger partial charge < -0.3 is 0 Å². The van der Waals surface area contributed by atoms with Crippen LogP contribution in [0.1, 0.15) is 63.8 Å². The van der Waals surface area contributed by atoms with Crippen LogP contribution in [0.3, 0.4) is 0 Å². The van der Waals surface area contributed by atoms with Crippen molar-refractivity contribution in [1.82, 2.24) is 0 Å². The van der Waals surface area contributed by atoms with Gasteiger partial charge >= 0.3 is 99.2 Å². The van der Waals surface area contributed by atoms with Crippen LogP contribution in [-0.4, -0.2) is 3.21 Å². The summed E-state index contributed by atoms with van der Waals surface area (Å²) in [6, 6.07) is 37.1. The van der Waals surface area contributed by atoms with Crippen LogP contribution >= 0.6 is 0 Å². The van der Waals surface area contributed by atoms with Crippen LogP contribution in [-0.2, 0) is 37.1 Å². The van der Waals surface area contributed by atoms with Gasteiger partial charge in [0.15, 0.2) is 0 Å². The Balaban J connectivity index is 0.000000146. The van der Waals surface area contributed by atoms with Gasteiger partial charge in [0, 0.05) is 0 Å². The molecular weight excluding hydrogens is 560 g/mol. The van der Waals surface area contributed by atoms with Gasteiger partial charge in [-0.15, -0.1) is 46.7 Å². The average Bonchev–Trinajstić information content (AvgIpc) is 3.48. The van der Waals surface area contributed by atoms with Gasteiger partial charge in [-0.05, 0) is 12.8 Å². The Bertz CT molecular complexity index is 1550. The van der Waals surface area contributed by atoms with Crippen molar-refractivity contribution in [3.8, 4) is 0 Å². The number of aryl methyl sites for hydroxylation is 2. The minimum absolute atomic E-state index is 0.560. The van der Waals surface area contributed by atoms with E-state index in [9.17, 15) is 0 Å². The van der Waals surface area contributed by atoms with Crippen LogP contribution in [0.15, 0.2) is 120 Å². The van der Waals surface area contributed by atoms with Crippen LogP contribution < -0.4 is 0 Å². The Hall–Kier alpha value is -3.02. The Morgan fingerprint density at radius 3 is 1.48 bits per heavy atom. The van der Waals surface area contributed by atoms with Crippen LogP contribution in [0.25, 0.3) is 21.5 Å². The Kier molecular flexibility index (Phi) is 10.5. The number of benzene rings is 4. The van der Waals surface area contributed by atoms with E-state index in [0.717, 1.165) is 12.8 Å². The van der Waals surface area contributed by atoms with Gasteiger partial charge in [-0.3, -0.25) is 6.08 Å². The molecule has 40 heavy (non-hydrogen) atoms. The summed E-state index contributed by atoms with van der Waals surface area (Å²) in [7, 11) is 0. The molecule has 5 aromatic carbocycles. The summed E-state index contributed by atoms with van der Waals surface area (Å²) in [6.45, 7) is 13.1. The SMILES string of the molecule is CC1=[C-]C(C)C(C)=C1C.CCc1ccc2c(c1)[cH-]c1cc(CC)ccc12.[Zr+2]=[C](c1ccccc1)c1ccccc1. The summed E-state index contributed by atoms with van der Waals surface area (Å²) in [5.41, 5.74) is 9.75. The molecule has 0 aliphatic heterocycles. The van der Waals surface area contributed by atoms with Crippen LogP contribution in [0.4, 0.5) is 0 Å². The molecule has 0 saturated carbocycles. The van der Waals surface area contributed by atoms with Crippen molar-refractivity contribution < 1.29 is 24.2 Å². The molecule has 1 atom stereocenters. The van der Waals surface area contributed by atoms with Crippen molar-refractivity contribution in [1.29, 1.82) is 0 Å². The van der Waals surface area contributed by atoms with E-state index in [2.05, 4.69) is 151 Å². The van der Waals surface area contributed by atoms with Crippen LogP contribution in [0.2, 0.25) is 0 Å². The minimum atomic E-state index is 0.560. The van der Waals surface area contributed by atoms with Gasteiger partial charge in [-0.2, -0.15) is 11.1 Å². The molecule has 0 N–H and O–H groups in total. The van der Waals surface area contributed by atoms with Gasteiger partial charge in [0.2, 0.25) is 0 Å². The standard InChI is InChI=1S/C17H17.C13H10.C9H13.Zr/c1-3-12-5-7-16-14(9-12)11-15-10-13(4-2)6-8-17(15)16;1-3-7-12(8-4-1)11-13-9-5-2-6-10-13;1-6-5-7(2)9(4)8(6)3;/h5-11H,3-4H2,1-2H3;1-10H;6H,1-4H3;/q-1;;-1;+2. The summed E-state index contributed by atoms with van der Waals surface area (Å²) in [5, 5.41) is 5.54. The zero-order valence-electron chi connectivity index (χ0n) is 24.8. The van der Waals surface area contributed by atoms with Crippen molar-refractivity contribution in [2.24, 2.45) is 5.92 Å². The molecule has 5 aromatic rings. The normalized spacial score (nSPS) is 14.4. The number of hydrogen-bond donors (Lipinski definition) is 0. The van der Waals surface area contributed by atoms with E-state index in [1.807, 2.05) is 0 Å². The van der Waals surface area contributed by atoms with Crippen molar-refractivity contribution >= 4 is 24.8 Å². The summed E-state index contributed by atoms with van der Waals surface area (Å²) < 4.78 is 1.42.